The average Bonchev–Trinajstić information content (AvgIpc) is 2.69. The Balaban J connectivity index is 0.00000243. The smallest absolute Gasteiger partial charge is 0.239 e. The zero-order chi connectivity index (χ0) is 17.5. The summed E-state index contributed by atoms with van der Waals surface area (Å²) in [6, 6.07) is 10.3. The number of hydrogen-bond acceptors (Lipinski definition) is 3. The van der Waals surface area contributed by atoms with Crippen LogP contribution in [0.1, 0.15) is 37.7 Å². The molecule has 0 aromatic heterocycles. The van der Waals surface area contributed by atoms with Gasteiger partial charge in [-0.1, -0.05) is 36.8 Å². The summed E-state index contributed by atoms with van der Waals surface area (Å²) in [5.41, 5.74) is 1.28. The van der Waals surface area contributed by atoms with Gasteiger partial charge in [0.05, 0.1) is 6.04 Å². The molecule has 5 nitrogen and oxygen atoms in total. The third kappa shape index (κ3) is 5.71. The maximum Gasteiger partial charge on any atom is 0.239 e. The Morgan fingerprint density at radius 2 is 1.69 bits per heavy atom. The number of nitrogens with one attached hydrogen (secondary N) is 1. The van der Waals surface area contributed by atoms with Crippen LogP contribution < -0.4 is 5.32 Å². The maximum atomic E-state index is 12.5. The third-order valence-electron chi connectivity index (χ3n) is 5.25. The molecule has 2 saturated heterocycles. The fraction of sp³-hybridized carbons (Fsp3) is 0.600. The van der Waals surface area contributed by atoms with Gasteiger partial charge in [0.1, 0.15) is 0 Å². The Bertz CT molecular complexity index is 568. The summed E-state index contributed by atoms with van der Waals surface area (Å²) in [4.78, 5) is 28.7. The van der Waals surface area contributed by atoms with Crippen molar-refractivity contribution in [3.8, 4) is 0 Å². The van der Waals surface area contributed by atoms with Crippen molar-refractivity contribution in [1.82, 2.24) is 15.1 Å². The molecule has 2 amide bonds. The van der Waals surface area contributed by atoms with E-state index in [1.165, 1.54) is 5.56 Å². The molecule has 0 radical (unpaired) electrons. The summed E-state index contributed by atoms with van der Waals surface area (Å²) in [6.45, 7) is 3.62. The van der Waals surface area contributed by atoms with E-state index in [-0.39, 0.29) is 30.3 Å². The molecule has 6 heteroatoms. The second kappa shape index (κ2) is 10.5. The molecule has 2 aliphatic heterocycles. The fourth-order valence-electron chi connectivity index (χ4n) is 3.71. The van der Waals surface area contributed by atoms with Gasteiger partial charge < -0.3 is 15.1 Å². The predicted octanol–water partition coefficient (Wildman–Crippen LogP) is 2.24. The number of rotatable bonds is 5. The molecule has 26 heavy (non-hydrogen) atoms. The lowest BCUT2D eigenvalue weighted by Crippen LogP contribution is -2.55. The van der Waals surface area contributed by atoms with Crippen molar-refractivity contribution in [3.05, 3.63) is 35.9 Å². The van der Waals surface area contributed by atoms with Crippen molar-refractivity contribution in [2.45, 2.75) is 44.6 Å². The average molecular weight is 380 g/mol. The summed E-state index contributed by atoms with van der Waals surface area (Å²) in [6.07, 6.45) is 5.65. The Morgan fingerprint density at radius 3 is 2.35 bits per heavy atom. The van der Waals surface area contributed by atoms with E-state index in [4.69, 9.17) is 0 Å². The van der Waals surface area contributed by atoms with E-state index >= 15 is 0 Å². The van der Waals surface area contributed by atoms with E-state index in [2.05, 4.69) is 17.4 Å². The molecular formula is C20H30ClN3O2. The van der Waals surface area contributed by atoms with Gasteiger partial charge in [0, 0.05) is 32.6 Å². The first kappa shape index (κ1) is 20.7. The van der Waals surface area contributed by atoms with Crippen molar-refractivity contribution in [2.24, 2.45) is 0 Å². The molecule has 0 bridgehead atoms. The minimum atomic E-state index is -0.0122. The minimum Gasteiger partial charge on any atom is -0.339 e. The fourth-order valence-corrected chi connectivity index (χ4v) is 3.71. The highest BCUT2D eigenvalue weighted by atomic mass is 35.5. The first-order valence-corrected chi connectivity index (χ1v) is 9.58. The van der Waals surface area contributed by atoms with E-state index in [9.17, 15) is 9.59 Å². The number of amides is 2. The Labute approximate surface area is 162 Å². The highest BCUT2D eigenvalue weighted by Crippen LogP contribution is 2.13. The molecule has 1 aromatic rings. The lowest BCUT2D eigenvalue weighted by molar-refractivity contribution is -0.141. The van der Waals surface area contributed by atoms with Gasteiger partial charge in [0.2, 0.25) is 11.8 Å². The summed E-state index contributed by atoms with van der Waals surface area (Å²) in [5, 5.41) is 3.32. The van der Waals surface area contributed by atoms with E-state index in [0.717, 1.165) is 38.6 Å². The first-order valence-electron chi connectivity index (χ1n) is 9.58. The highest BCUT2D eigenvalue weighted by Gasteiger charge is 2.29. The second-order valence-electron chi connectivity index (χ2n) is 7.05. The number of piperidine rings is 1. The molecule has 0 aliphatic carbocycles. The molecule has 1 N–H and O–H groups in total. The van der Waals surface area contributed by atoms with Crippen molar-refractivity contribution in [1.29, 1.82) is 0 Å². The van der Waals surface area contributed by atoms with Crippen molar-refractivity contribution in [3.63, 3.8) is 0 Å². The van der Waals surface area contributed by atoms with Gasteiger partial charge in [0.25, 0.3) is 0 Å². The van der Waals surface area contributed by atoms with Crippen molar-refractivity contribution < 1.29 is 9.59 Å². The summed E-state index contributed by atoms with van der Waals surface area (Å²) in [7, 11) is 0. The van der Waals surface area contributed by atoms with E-state index < -0.39 is 0 Å². The zero-order valence-electron chi connectivity index (χ0n) is 15.4. The standard InChI is InChI=1S/C20H29N3O2.ClH/c24-19(11-6-9-17-7-2-1-3-8-17)22-13-15-23(16-14-22)20(25)18-10-4-5-12-21-18;/h1-3,7-8,18,21H,4-6,9-16H2;1H/t18-;/m0./s1. The monoisotopic (exact) mass is 379 g/mol. The number of halogens is 1. The number of carbonyl (C=O) groups is 2. The van der Waals surface area contributed by atoms with Crippen LogP contribution in [-0.2, 0) is 16.0 Å². The lowest BCUT2D eigenvalue weighted by Gasteiger charge is -2.37. The molecule has 0 saturated carbocycles. The lowest BCUT2D eigenvalue weighted by atomic mass is 10.0. The van der Waals surface area contributed by atoms with Gasteiger partial charge in [0.15, 0.2) is 0 Å². The molecule has 2 heterocycles. The molecule has 1 aromatic carbocycles. The topological polar surface area (TPSA) is 52.7 Å². The summed E-state index contributed by atoms with van der Waals surface area (Å²) >= 11 is 0. The summed E-state index contributed by atoms with van der Waals surface area (Å²) < 4.78 is 0. The second-order valence-corrected chi connectivity index (χ2v) is 7.05. The molecule has 3 rings (SSSR count). The van der Waals surface area contributed by atoms with Crippen LogP contribution in [-0.4, -0.2) is 60.4 Å². The van der Waals surface area contributed by atoms with E-state index in [1.54, 1.807) is 0 Å². The van der Waals surface area contributed by atoms with Crippen LogP contribution in [0.15, 0.2) is 30.3 Å². The predicted molar refractivity (Wildman–Crippen MR) is 105 cm³/mol. The SMILES string of the molecule is Cl.O=C(CCCc1ccccc1)N1CCN(C(=O)[C@@H]2CCCCN2)CC1. The van der Waals surface area contributed by atoms with Crippen LogP contribution in [0.25, 0.3) is 0 Å². The number of nitrogens with zero attached hydrogens (tertiary/aromatic N) is 2. The van der Waals surface area contributed by atoms with Gasteiger partial charge in [-0.25, -0.2) is 0 Å². The molecule has 0 spiro atoms. The number of aryl methyl sites for hydroxylation is 1. The van der Waals surface area contributed by atoms with Crippen molar-refractivity contribution >= 4 is 24.2 Å². The zero-order valence-corrected chi connectivity index (χ0v) is 16.2. The number of hydrogen-bond donors (Lipinski definition) is 1. The van der Waals surface area contributed by atoms with Crippen LogP contribution >= 0.6 is 12.4 Å². The highest BCUT2D eigenvalue weighted by molar-refractivity contribution is 5.85. The van der Waals surface area contributed by atoms with Gasteiger partial charge in [-0.15, -0.1) is 12.4 Å². The normalized spacial score (nSPS) is 20.4. The van der Waals surface area contributed by atoms with E-state index in [0.29, 0.717) is 32.6 Å². The molecule has 1 atom stereocenters. The van der Waals surface area contributed by atoms with Gasteiger partial charge >= 0.3 is 0 Å². The van der Waals surface area contributed by atoms with Crippen LogP contribution in [0, 0.1) is 0 Å². The largest absolute Gasteiger partial charge is 0.339 e. The van der Waals surface area contributed by atoms with Gasteiger partial charge in [-0.3, -0.25) is 9.59 Å². The molecule has 144 valence electrons. The first-order chi connectivity index (χ1) is 12.2. The maximum absolute atomic E-state index is 12.5. The Hall–Kier alpha value is -1.59. The summed E-state index contributed by atoms with van der Waals surface area (Å²) in [5.74, 6) is 0.440. The van der Waals surface area contributed by atoms with Crippen LogP contribution in [0.2, 0.25) is 0 Å². The number of carbonyl (C=O) groups excluding carboxylic acids is 2. The van der Waals surface area contributed by atoms with Gasteiger partial charge in [-0.05, 0) is 37.8 Å². The van der Waals surface area contributed by atoms with E-state index in [1.807, 2.05) is 28.0 Å². The van der Waals surface area contributed by atoms with Gasteiger partial charge in [-0.2, -0.15) is 0 Å². The van der Waals surface area contributed by atoms with Crippen LogP contribution in [0.3, 0.4) is 0 Å². The van der Waals surface area contributed by atoms with Crippen LogP contribution in [0.5, 0.6) is 0 Å². The quantitative estimate of drug-likeness (QED) is 0.853. The molecule has 0 unspecified atom stereocenters. The molecular weight excluding hydrogens is 350 g/mol. The number of benzene rings is 1. The minimum absolute atomic E-state index is 0. The Morgan fingerprint density at radius 1 is 1.00 bits per heavy atom. The molecule has 2 aliphatic rings. The number of piperazine rings is 1. The third-order valence-corrected chi connectivity index (χ3v) is 5.25. The van der Waals surface area contributed by atoms with Crippen molar-refractivity contribution in [2.75, 3.05) is 32.7 Å². The Kier molecular flexibility index (Phi) is 8.39. The van der Waals surface area contributed by atoms with Crippen LogP contribution in [0.4, 0.5) is 0 Å². The molecule has 2 fully saturated rings.